The second-order valence-corrected chi connectivity index (χ2v) is 7.76. The predicted molar refractivity (Wildman–Crippen MR) is 89.6 cm³/mol. The number of alkyl carbamates (subject to hydrolysis) is 1. The summed E-state index contributed by atoms with van der Waals surface area (Å²) in [6.45, 7) is 2.93. The van der Waals surface area contributed by atoms with Crippen LogP contribution in [0.15, 0.2) is 12.1 Å². The number of carbonyl (C=O) groups excluding carboxylic acids is 2. The maximum atomic E-state index is 14.3. The lowest BCUT2D eigenvalue weighted by Crippen LogP contribution is -2.58. The van der Waals surface area contributed by atoms with Gasteiger partial charge in [-0.1, -0.05) is 6.07 Å². The smallest absolute Gasteiger partial charge is 0.407 e. The minimum atomic E-state index is -0.527. The molecule has 0 unspecified atom stereocenters. The molecule has 0 aromatic heterocycles. The predicted octanol–water partition coefficient (Wildman–Crippen LogP) is 2.87. The van der Waals surface area contributed by atoms with Crippen LogP contribution < -0.4 is 5.32 Å². The van der Waals surface area contributed by atoms with Crippen LogP contribution in [0, 0.1) is 24.5 Å². The van der Waals surface area contributed by atoms with Crippen LogP contribution in [0.2, 0.25) is 0 Å². The molecule has 1 saturated carbocycles. The molecule has 2 aliphatic heterocycles. The Balaban J connectivity index is 1.34. The topological polar surface area (TPSA) is 58.6 Å². The second kappa shape index (κ2) is 6.21. The Labute approximate surface area is 150 Å². The standard InChI is InChI=1S/C19H22F2N2O3/c1-11-15(20)3-2-14(16(11)21)12-4-6-23(7-5-12)17(24)13-8-19(9-13)10-26-18(25)22-19/h2-3,12-13H,4-10H2,1H3,(H,22,25)/t13-,19+. The number of carbonyl (C=O) groups is 2. The minimum Gasteiger partial charge on any atom is -0.447 e. The number of halogens is 2. The monoisotopic (exact) mass is 364 g/mol. The molecule has 1 N–H and O–H groups in total. The third kappa shape index (κ3) is 2.83. The van der Waals surface area contributed by atoms with Gasteiger partial charge in [0.1, 0.15) is 18.2 Å². The summed E-state index contributed by atoms with van der Waals surface area (Å²) >= 11 is 0. The molecule has 2 saturated heterocycles. The number of hydrogen-bond donors (Lipinski definition) is 1. The number of rotatable bonds is 2. The number of hydrogen-bond acceptors (Lipinski definition) is 3. The van der Waals surface area contributed by atoms with E-state index in [1.54, 1.807) is 0 Å². The third-order valence-electron chi connectivity index (χ3n) is 6.07. The van der Waals surface area contributed by atoms with E-state index in [-0.39, 0.29) is 28.8 Å². The highest BCUT2D eigenvalue weighted by Gasteiger charge is 2.53. The zero-order chi connectivity index (χ0) is 18.5. The Hall–Kier alpha value is -2.18. The maximum Gasteiger partial charge on any atom is 0.407 e. The van der Waals surface area contributed by atoms with E-state index in [9.17, 15) is 18.4 Å². The van der Waals surface area contributed by atoms with Gasteiger partial charge in [0.15, 0.2) is 0 Å². The number of likely N-dealkylation sites (tertiary alicyclic amines) is 1. The molecule has 3 fully saturated rings. The van der Waals surface area contributed by atoms with Crippen LogP contribution in [-0.4, -0.2) is 42.1 Å². The number of ether oxygens (including phenoxy) is 1. The van der Waals surface area contributed by atoms with Crippen molar-refractivity contribution in [3.05, 3.63) is 34.9 Å². The molecular weight excluding hydrogens is 342 g/mol. The van der Waals surface area contributed by atoms with Crippen LogP contribution in [0.5, 0.6) is 0 Å². The van der Waals surface area contributed by atoms with Crippen LogP contribution in [0.1, 0.15) is 42.7 Å². The number of benzene rings is 1. The molecule has 1 aromatic carbocycles. The van der Waals surface area contributed by atoms with Gasteiger partial charge in [0.05, 0.1) is 5.54 Å². The first-order valence-corrected chi connectivity index (χ1v) is 9.07. The van der Waals surface area contributed by atoms with Crippen LogP contribution >= 0.6 is 0 Å². The number of cyclic esters (lactones) is 1. The lowest BCUT2D eigenvalue weighted by Gasteiger charge is -2.45. The molecule has 7 heteroatoms. The fraction of sp³-hybridized carbons (Fsp3) is 0.579. The molecule has 0 radical (unpaired) electrons. The minimum absolute atomic E-state index is 0.00797. The molecule has 26 heavy (non-hydrogen) atoms. The summed E-state index contributed by atoms with van der Waals surface area (Å²) in [5, 5.41) is 2.79. The van der Waals surface area contributed by atoms with Crippen molar-refractivity contribution >= 4 is 12.0 Å². The molecule has 1 spiro atoms. The average Bonchev–Trinajstić information content (AvgIpc) is 3.00. The largest absolute Gasteiger partial charge is 0.447 e. The molecule has 2 heterocycles. The summed E-state index contributed by atoms with van der Waals surface area (Å²) in [5.41, 5.74) is 0.246. The van der Waals surface area contributed by atoms with Gasteiger partial charge in [0.2, 0.25) is 5.91 Å². The molecule has 4 rings (SSSR count). The molecule has 5 nitrogen and oxygen atoms in total. The van der Waals surface area contributed by atoms with Gasteiger partial charge < -0.3 is 15.0 Å². The SMILES string of the molecule is Cc1c(F)ccc(C2CCN(C(=O)[C@H]3C[C@]4(COC(=O)N4)C3)CC2)c1F. The van der Waals surface area contributed by atoms with Crippen molar-refractivity contribution in [2.24, 2.45) is 5.92 Å². The number of amides is 2. The molecule has 0 atom stereocenters. The van der Waals surface area contributed by atoms with Crippen molar-refractivity contribution in [3.8, 4) is 0 Å². The van der Waals surface area contributed by atoms with Gasteiger partial charge in [-0.2, -0.15) is 0 Å². The highest BCUT2D eigenvalue weighted by atomic mass is 19.1. The van der Waals surface area contributed by atoms with Gasteiger partial charge in [-0.3, -0.25) is 4.79 Å². The zero-order valence-electron chi connectivity index (χ0n) is 14.7. The van der Waals surface area contributed by atoms with E-state index < -0.39 is 17.7 Å². The van der Waals surface area contributed by atoms with Gasteiger partial charge in [0.25, 0.3) is 0 Å². The Morgan fingerprint density at radius 1 is 1.27 bits per heavy atom. The summed E-state index contributed by atoms with van der Waals surface area (Å²) in [6.07, 6.45) is 2.16. The van der Waals surface area contributed by atoms with E-state index in [4.69, 9.17) is 4.74 Å². The molecule has 1 aliphatic carbocycles. The zero-order valence-corrected chi connectivity index (χ0v) is 14.7. The van der Waals surface area contributed by atoms with Crippen molar-refractivity contribution in [3.63, 3.8) is 0 Å². The summed E-state index contributed by atoms with van der Waals surface area (Å²) in [7, 11) is 0. The van der Waals surface area contributed by atoms with Crippen molar-refractivity contribution in [2.75, 3.05) is 19.7 Å². The summed E-state index contributed by atoms with van der Waals surface area (Å²) in [5.74, 6) is -0.966. The van der Waals surface area contributed by atoms with Crippen molar-refractivity contribution in [1.82, 2.24) is 10.2 Å². The quantitative estimate of drug-likeness (QED) is 0.878. The first-order chi connectivity index (χ1) is 12.4. The Kier molecular flexibility index (Phi) is 4.12. The summed E-state index contributed by atoms with van der Waals surface area (Å²) < 4.78 is 32.7. The number of nitrogens with zero attached hydrogens (tertiary/aromatic N) is 1. The van der Waals surface area contributed by atoms with Crippen molar-refractivity contribution in [1.29, 1.82) is 0 Å². The molecular formula is C19H22F2N2O3. The van der Waals surface area contributed by atoms with Gasteiger partial charge in [0, 0.05) is 24.6 Å². The van der Waals surface area contributed by atoms with Crippen LogP contribution in [0.25, 0.3) is 0 Å². The van der Waals surface area contributed by atoms with E-state index in [0.29, 0.717) is 50.9 Å². The summed E-state index contributed by atoms with van der Waals surface area (Å²) in [4.78, 5) is 25.7. The lowest BCUT2D eigenvalue weighted by molar-refractivity contribution is -0.142. The van der Waals surface area contributed by atoms with E-state index in [0.717, 1.165) is 0 Å². The number of piperidine rings is 1. The Bertz CT molecular complexity index is 753. The maximum absolute atomic E-state index is 14.3. The third-order valence-corrected chi connectivity index (χ3v) is 6.07. The molecule has 3 aliphatic rings. The molecule has 2 amide bonds. The molecule has 140 valence electrons. The van der Waals surface area contributed by atoms with E-state index in [1.165, 1.54) is 19.1 Å². The first kappa shape index (κ1) is 17.2. The van der Waals surface area contributed by atoms with Crippen LogP contribution in [-0.2, 0) is 9.53 Å². The van der Waals surface area contributed by atoms with E-state index >= 15 is 0 Å². The van der Waals surface area contributed by atoms with E-state index in [2.05, 4.69) is 5.32 Å². The normalized spacial score (nSPS) is 28.7. The van der Waals surface area contributed by atoms with Crippen molar-refractivity contribution < 1.29 is 23.1 Å². The summed E-state index contributed by atoms with van der Waals surface area (Å²) in [6, 6.07) is 2.84. The lowest BCUT2D eigenvalue weighted by atomic mass is 9.68. The Morgan fingerprint density at radius 2 is 1.96 bits per heavy atom. The second-order valence-electron chi connectivity index (χ2n) is 7.76. The van der Waals surface area contributed by atoms with Crippen LogP contribution in [0.3, 0.4) is 0 Å². The highest BCUT2D eigenvalue weighted by Crippen LogP contribution is 2.42. The van der Waals surface area contributed by atoms with Crippen LogP contribution in [0.4, 0.5) is 13.6 Å². The van der Waals surface area contributed by atoms with Gasteiger partial charge in [-0.25, -0.2) is 13.6 Å². The van der Waals surface area contributed by atoms with Gasteiger partial charge >= 0.3 is 6.09 Å². The van der Waals surface area contributed by atoms with Crippen molar-refractivity contribution in [2.45, 2.75) is 44.1 Å². The van der Waals surface area contributed by atoms with E-state index in [1.807, 2.05) is 4.90 Å². The molecule has 1 aromatic rings. The highest BCUT2D eigenvalue weighted by molar-refractivity contribution is 5.81. The average molecular weight is 364 g/mol. The van der Waals surface area contributed by atoms with Gasteiger partial charge in [-0.15, -0.1) is 0 Å². The number of nitrogens with one attached hydrogen (secondary N) is 1. The molecule has 0 bridgehead atoms. The first-order valence-electron chi connectivity index (χ1n) is 9.07. The fourth-order valence-corrected chi connectivity index (χ4v) is 4.44. The Morgan fingerprint density at radius 3 is 2.58 bits per heavy atom. The fourth-order valence-electron chi connectivity index (χ4n) is 4.44. The van der Waals surface area contributed by atoms with Gasteiger partial charge in [-0.05, 0) is 50.2 Å².